The van der Waals surface area contributed by atoms with Gasteiger partial charge in [-0.2, -0.15) is 0 Å². The Hall–Kier alpha value is -2.73. The molecule has 2 aliphatic rings. The van der Waals surface area contributed by atoms with Crippen molar-refractivity contribution in [2.75, 3.05) is 13.1 Å². The lowest BCUT2D eigenvalue weighted by Gasteiger charge is -2.24. The third kappa shape index (κ3) is 5.92. The summed E-state index contributed by atoms with van der Waals surface area (Å²) in [5, 5.41) is 7.58. The van der Waals surface area contributed by atoms with Crippen LogP contribution in [0.2, 0.25) is 5.02 Å². The molecule has 0 radical (unpaired) electrons. The number of carbonyl (C=O) groups is 1. The highest BCUT2D eigenvalue weighted by Crippen LogP contribution is 2.26. The van der Waals surface area contributed by atoms with E-state index in [2.05, 4.69) is 39.8 Å². The fourth-order valence-electron chi connectivity index (χ4n) is 5.49. The van der Waals surface area contributed by atoms with Crippen LogP contribution in [0.15, 0.2) is 72.8 Å². The largest absolute Gasteiger partial charge is 0.354 e. The molecule has 3 aromatic carbocycles. The second-order valence-corrected chi connectivity index (χ2v) is 10.1. The van der Waals surface area contributed by atoms with Crippen LogP contribution < -0.4 is 10.6 Å². The fourth-order valence-corrected chi connectivity index (χ4v) is 5.70. The van der Waals surface area contributed by atoms with Crippen molar-refractivity contribution in [1.29, 1.82) is 0 Å². The van der Waals surface area contributed by atoms with Crippen molar-refractivity contribution in [1.82, 2.24) is 15.5 Å². The van der Waals surface area contributed by atoms with E-state index in [9.17, 15) is 9.18 Å². The van der Waals surface area contributed by atoms with Crippen LogP contribution in [0.25, 0.3) is 0 Å². The topological polar surface area (TPSA) is 44.4 Å². The number of carbonyl (C=O) groups excluding carboxylic acids is 1. The van der Waals surface area contributed by atoms with Gasteiger partial charge in [-0.1, -0.05) is 66.2 Å². The Morgan fingerprint density at radius 3 is 2.46 bits per heavy atom. The molecule has 1 heterocycles. The molecule has 0 aromatic heterocycles. The maximum Gasteiger partial charge on any atom is 0.237 e. The molecule has 5 rings (SSSR count). The van der Waals surface area contributed by atoms with Crippen LogP contribution in [0.5, 0.6) is 0 Å². The molecule has 2 N–H and O–H groups in total. The van der Waals surface area contributed by atoms with Crippen molar-refractivity contribution in [3.05, 3.63) is 106 Å². The molecule has 1 saturated heterocycles. The van der Waals surface area contributed by atoms with E-state index in [-0.39, 0.29) is 23.8 Å². The third-order valence-electron chi connectivity index (χ3n) is 7.15. The summed E-state index contributed by atoms with van der Waals surface area (Å²) < 4.78 is 14.0. The molecule has 0 spiro atoms. The van der Waals surface area contributed by atoms with Gasteiger partial charge in [-0.15, -0.1) is 0 Å². The predicted molar refractivity (Wildman–Crippen MR) is 138 cm³/mol. The Bertz CT molecular complexity index is 1160. The van der Waals surface area contributed by atoms with Crippen molar-refractivity contribution < 1.29 is 9.18 Å². The predicted octanol–water partition coefficient (Wildman–Crippen LogP) is 4.54. The van der Waals surface area contributed by atoms with Gasteiger partial charge in [0.1, 0.15) is 5.82 Å². The Balaban J connectivity index is 1.23. The Kier molecular flexibility index (Phi) is 7.47. The highest BCUT2D eigenvalue weighted by atomic mass is 35.5. The Morgan fingerprint density at radius 2 is 1.71 bits per heavy atom. The molecule has 1 aliphatic heterocycles. The molecule has 3 aromatic rings. The molecule has 0 unspecified atom stereocenters. The standard InChI is InChI=1S/C29H31ClFN3O/c30-24-10-5-6-20(14-24)18-34-19-26(33-25-15-22-8-1-2-9-23(22)16-25)17-28(34)29(35)32-13-12-21-7-3-4-11-27(21)31/h1-11,14,25-26,28,33H,12-13,15-19H2,(H,32,35)/t26-,28-/m0/s1. The van der Waals surface area contributed by atoms with E-state index in [1.807, 2.05) is 30.3 Å². The maximum atomic E-state index is 14.0. The monoisotopic (exact) mass is 491 g/mol. The summed E-state index contributed by atoms with van der Waals surface area (Å²) in [6, 6.07) is 23.6. The highest BCUT2D eigenvalue weighted by Gasteiger charge is 2.38. The number of rotatable bonds is 8. The molecule has 1 fully saturated rings. The van der Waals surface area contributed by atoms with E-state index in [4.69, 9.17) is 11.6 Å². The van der Waals surface area contributed by atoms with Crippen molar-refractivity contribution in [2.24, 2.45) is 0 Å². The number of nitrogens with zero attached hydrogens (tertiary/aromatic N) is 1. The molecule has 1 amide bonds. The van der Waals surface area contributed by atoms with Crippen molar-refractivity contribution in [2.45, 2.75) is 50.4 Å². The zero-order valence-electron chi connectivity index (χ0n) is 19.7. The van der Waals surface area contributed by atoms with E-state index in [0.29, 0.717) is 36.1 Å². The number of hydrogen-bond donors (Lipinski definition) is 2. The molecule has 35 heavy (non-hydrogen) atoms. The Labute approximate surface area is 211 Å². The van der Waals surface area contributed by atoms with Crippen LogP contribution >= 0.6 is 11.6 Å². The summed E-state index contributed by atoms with van der Waals surface area (Å²) in [7, 11) is 0. The lowest BCUT2D eigenvalue weighted by Crippen LogP contribution is -2.43. The minimum absolute atomic E-state index is 0.00220. The summed E-state index contributed by atoms with van der Waals surface area (Å²) in [6.45, 7) is 1.87. The third-order valence-corrected chi connectivity index (χ3v) is 7.39. The van der Waals surface area contributed by atoms with E-state index in [0.717, 1.165) is 31.4 Å². The van der Waals surface area contributed by atoms with Crippen LogP contribution in [-0.4, -0.2) is 42.0 Å². The zero-order chi connectivity index (χ0) is 24.2. The van der Waals surface area contributed by atoms with Gasteiger partial charge in [-0.05, 0) is 66.1 Å². The minimum Gasteiger partial charge on any atom is -0.354 e. The van der Waals surface area contributed by atoms with Crippen LogP contribution in [0.4, 0.5) is 4.39 Å². The molecule has 2 atom stereocenters. The SMILES string of the molecule is O=C(NCCc1ccccc1F)[C@@H]1C[C@H](NC2Cc3ccccc3C2)CN1Cc1cccc(Cl)c1. The second-order valence-electron chi connectivity index (χ2n) is 9.68. The van der Waals surface area contributed by atoms with Gasteiger partial charge in [0.25, 0.3) is 0 Å². The summed E-state index contributed by atoms with van der Waals surface area (Å²) in [6.07, 6.45) is 3.28. The summed E-state index contributed by atoms with van der Waals surface area (Å²) in [5.74, 6) is -0.227. The number of fused-ring (bicyclic) bond motifs is 1. The first-order valence-corrected chi connectivity index (χ1v) is 12.8. The van der Waals surface area contributed by atoms with Gasteiger partial charge < -0.3 is 10.6 Å². The lowest BCUT2D eigenvalue weighted by atomic mass is 10.1. The number of nitrogens with one attached hydrogen (secondary N) is 2. The first kappa shape index (κ1) is 24.0. The maximum absolute atomic E-state index is 14.0. The summed E-state index contributed by atoms with van der Waals surface area (Å²) in [5.41, 5.74) is 4.55. The molecule has 182 valence electrons. The van der Waals surface area contributed by atoms with Crippen LogP contribution in [0.3, 0.4) is 0 Å². The van der Waals surface area contributed by atoms with E-state index in [1.165, 1.54) is 17.2 Å². The molecule has 1 aliphatic carbocycles. The summed E-state index contributed by atoms with van der Waals surface area (Å²) >= 11 is 6.21. The normalized spacial score (nSPS) is 20.2. The van der Waals surface area contributed by atoms with Gasteiger partial charge in [0, 0.05) is 36.7 Å². The van der Waals surface area contributed by atoms with E-state index >= 15 is 0 Å². The number of amides is 1. The highest BCUT2D eigenvalue weighted by molar-refractivity contribution is 6.30. The van der Waals surface area contributed by atoms with Gasteiger partial charge >= 0.3 is 0 Å². The number of halogens is 2. The van der Waals surface area contributed by atoms with Gasteiger partial charge in [0.15, 0.2) is 0 Å². The molecular formula is C29H31ClFN3O. The molecular weight excluding hydrogens is 461 g/mol. The first-order chi connectivity index (χ1) is 17.0. The Morgan fingerprint density at radius 1 is 0.971 bits per heavy atom. The zero-order valence-corrected chi connectivity index (χ0v) is 20.5. The van der Waals surface area contributed by atoms with E-state index in [1.54, 1.807) is 12.1 Å². The van der Waals surface area contributed by atoms with Crippen LogP contribution in [0.1, 0.15) is 28.7 Å². The summed E-state index contributed by atoms with van der Waals surface area (Å²) in [4.78, 5) is 15.5. The lowest BCUT2D eigenvalue weighted by molar-refractivity contribution is -0.125. The van der Waals surface area contributed by atoms with Crippen molar-refractivity contribution in [3.8, 4) is 0 Å². The second kappa shape index (κ2) is 10.9. The molecule has 0 saturated carbocycles. The fraction of sp³-hybridized carbons (Fsp3) is 0.345. The van der Waals surface area contributed by atoms with Gasteiger partial charge in [0.05, 0.1) is 6.04 Å². The minimum atomic E-state index is -0.240. The van der Waals surface area contributed by atoms with Crippen LogP contribution in [-0.2, 0) is 30.6 Å². The average molecular weight is 492 g/mol. The average Bonchev–Trinajstić information content (AvgIpc) is 3.43. The van der Waals surface area contributed by atoms with Gasteiger partial charge in [0.2, 0.25) is 5.91 Å². The van der Waals surface area contributed by atoms with Crippen molar-refractivity contribution in [3.63, 3.8) is 0 Å². The number of likely N-dealkylation sites (tertiary alicyclic amines) is 1. The molecule has 6 heteroatoms. The van der Waals surface area contributed by atoms with Gasteiger partial charge in [-0.3, -0.25) is 9.69 Å². The van der Waals surface area contributed by atoms with Crippen LogP contribution in [0, 0.1) is 5.82 Å². The number of benzene rings is 3. The number of hydrogen-bond acceptors (Lipinski definition) is 3. The van der Waals surface area contributed by atoms with Crippen molar-refractivity contribution >= 4 is 17.5 Å². The van der Waals surface area contributed by atoms with Gasteiger partial charge in [-0.25, -0.2) is 4.39 Å². The van der Waals surface area contributed by atoms with E-state index < -0.39 is 0 Å². The molecule has 0 bridgehead atoms. The first-order valence-electron chi connectivity index (χ1n) is 12.4. The quantitative estimate of drug-likeness (QED) is 0.486. The molecule has 4 nitrogen and oxygen atoms in total. The smallest absolute Gasteiger partial charge is 0.237 e.